The largest absolute Gasteiger partial charge is 0.507 e. The summed E-state index contributed by atoms with van der Waals surface area (Å²) in [7, 11) is 1.76. The van der Waals surface area contributed by atoms with Crippen LogP contribution in [0.15, 0.2) is 12.1 Å². The van der Waals surface area contributed by atoms with Gasteiger partial charge in [-0.2, -0.15) is 0 Å². The number of aryl methyl sites for hydroxylation is 2. The first kappa shape index (κ1) is 11.4. The number of hydrogen-bond acceptors (Lipinski definition) is 3. The molecule has 3 heteroatoms. The van der Waals surface area contributed by atoms with E-state index in [1.165, 1.54) is 5.56 Å². The van der Waals surface area contributed by atoms with E-state index in [2.05, 4.69) is 5.32 Å². The fraction of sp³-hybridized carbons (Fsp3) is 0.538. The lowest BCUT2D eigenvalue weighted by Gasteiger charge is -2.41. The average Bonchev–Trinajstić information content (AvgIpc) is 2.20. The van der Waals surface area contributed by atoms with Crippen molar-refractivity contribution in [2.45, 2.75) is 25.9 Å². The van der Waals surface area contributed by atoms with Gasteiger partial charge in [-0.3, -0.25) is 0 Å². The van der Waals surface area contributed by atoms with Crippen LogP contribution in [0.3, 0.4) is 0 Å². The van der Waals surface area contributed by atoms with Gasteiger partial charge in [-0.05, 0) is 30.5 Å². The van der Waals surface area contributed by atoms with Crippen LogP contribution in [0.5, 0.6) is 5.75 Å². The van der Waals surface area contributed by atoms with E-state index in [-0.39, 0.29) is 5.60 Å². The molecule has 1 aromatic rings. The van der Waals surface area contributed by atoms with E-state index in [0.29, 0.717) is 5.75 Å². The van der Waals surface area contributed by atoms with Gasteiger partial charge in [-0.25, -0.2) is 0 Å². The smallest absolute Gasteiger partial charge is 0.121 e. The minimum atomic E-state index is -0.0458. The van der Waals surface area contributed by atoms with Crippen LogP contribution < -0.4 is 5.32 Å². The number of nitrogens with one attached hydrogen (secondary N) is 1. The van der Waals surface area contributed by atoms with Crippen molar-refractivity contribution in [2.75, 3.05) is 20.2 Å². The van der Waals surface area contributed by atoms with Crippen LogP contribution in [0.4, 0.5) is 0 Å². The van der Waals surface area contributed by atoms with E-state index in [9.17, 15) is 5.11 Å². The fourth-order valence-electron chi connectivity index (χ4n) is 2.26. The Morgan fingerprint density at radius 2 is 1.88 bits per heavy atom. The Bertz CT molecular complexity index is 368. The summed E-state index contributed by atoms with van der Waals surface area (Å²) in [6.07, 6.45) is 0.901. The zero-order valence-corrected chi connectivity index (χ0v) is 10.1. The molecule has 0 atom stereocenters. The Balaban J connectivity index is 2.22. The molecule has 0 amide bonds. The summed E-state index contributed by atoms with van der Waals surface area (Å²) in [5.41, 5.74) is 3.06. The highest BCUT2D eigenvalue weighted by Crippen LogP contribution is 2.27. The number of ether oxygens (including phenoxy) is 1. The molecule has 3 nitrogen and oxygen atoms in total. The number of phenols is 1. The van der Waals surface area contributed by atoms with E-state index in [1.807, 2.05) is 26.0 Å². The topological polar surface area (TPSA) is 41.5 Å². The maximum Gasteiger partial charge on any atom is 0.121 e. The Morgan fingerprint density at radius 3 is 2.25 bits per heavy atom. The first-order valence-electron chi connectivity index (χ1n) is 5.61. The maximum atomic E-state index is 9.71. The molecule has 0 aliphatic carbocycles. The highest BCUT2D eigenvalue weighted by Gasteiger charge is 2.37. The molecule has 2 N–H and O–H groups in total. The number of phenolic OH excluding ortho intramolecular Hbond substituents is 1. The lowest BCUT2D eigenvalue weighted by atomic mass is 9.87. The summed E-state index contributed by atoms with van der Waals surface area (Å²) < 4.78 is 5.56. The van der Waals surface area contributed by atoms with E-state index in [1.54, 1.807) is 7.11 Å². The minimum absolute atomic E-state index is 0.0458. The van der Waals surface area contributed by atoms with E-state index in [4.69, 9.17) is 4.74 Å². The third kappa shape index (κ3) is 1.93. The predicted octanol–water partition coefficient (Wildman–Crippen LogP) is 1.54. The van der Waals surface area contributed by atoms with Crippen LogP contribution in [0, 0.1) is 13.8 Å². The SMILES string of the molecule is COC1(Cc2cc(C)c(O)c(C)c2)CNC1. The second kappa shape index (κ2) is 4.07. The molecule has 16 heavy (non-hydrogen) atoms. The van der Waals surface area contributed by atoms with Gasteiger partial charge in [-0.1, -0.05) is 12.1 Å². The quantitative estimate of drug-likeness (QED) is 0.813. The molecular formula is C13H19NO2. The van der Waals surface area contributed by atoms with Gasteiger partial charge in [-0.15, -0.1) is 0 Å². The Morgan fingerprint density at radius 1 is 1.31 bits per heavy atom. The number of benzene rings is 1. The van der Waals surface area contributed by atoms with Crippen LogP contribution in [-0.2, 0) is 11.2 Å². The van der Waals surface area contributed by atoms with Crippen LogP contribution in [0.25, 0.3) is 0 Å². The lowest BCUT2D eigenvalue weighted by molar-refractivity contribution is -0.0502. The fourth-order valence-corrected chi connectivity index (χ4v) is 2.26. The van der Waals surface area contributed by atoms with Crippen molar-refractivity contribution < 1.29 is 9.84 Å². The Kier molecular flexibility index (Phi) is 2.91. The molecule has 88 valence electrons. The van der Waals surface area contributed by atoms with Crippen molar-refractivity contribution in [1.82, 2.24) is 5.32 Å². The molecule has 1 saturated heterocycles. The highest BCUT2D eigenvalue weighted by molar-refractivity contribution is 5.42. The molecular weight excluding hydrogens is 202 g/mol. The molecule has 0 bridgehead atoms. The maximum absolute atomic E-state index is 9.71. The second-order valence-electron chi connectivity index (χ2n) is 4.75. The standard InChI is InChI=1S/C13H19NO2/c1-9-4-11(5-10(2)12(9)15)6-13(16-3)7-14-8-13/h4-5,14-15H,6-8H2,1-3H3. The van der Waals surface area contributed by atoms with E-state index < -0.39 is 0 Å². The Hall–Kier alpha value is -1.06. The van der Waals surface area contributed by atoms with Gasteiger partial charge in [0.05, 0.1) is 5.60 Å². The minimum Gasteiger partial charge on any atom is -0.507 e. The summed E-state index contributed by atoms with van der Waals surface area (Å²) in [5.74, 6) is 0.405. The van der Waals surface area contributed by atoms with Crippen LogP contribution in [0.1, 0.15) is 16.7 Å². The molecule has 1 aliphatic heterocycles. The molecule has 0 aromatic heterocycles. The zero-order chi connectivity index (χ0) is 11.8. The Labute approximate surface area is 96.4 Å². The van der Waals surface area contributed by atoms with Gasteiger partial charge in [0.25, 0.3) is 0 Å². The summed E-state index contributed by atoms with van der Waals surface area (Å²) in [5, 5.41) is 13.0. The van der Waals surface area contributed by atoms with Crippen molar-refractivity contribution in [2.24, 2.45) is 0 Å². The van der Waals surface area contributed by atoms with Crippen molar-refractivity contribution in [3.05, 3.63) is 28.8 Å². The van der Waals surface area contributed by atoms with Crippen LogP contribution in [0.2, 0.25) is 0 Å². The predicted molar refractivity (Wildman–Crippen MR) is 63.9 cm³/mol. The van der Waals surface area contributed by atoms with Gasteiger partial charge in [0.2, 0.25) is 0 Å². The summed E-state index contributed by atoms with van der Waals surface area (Å²) in [4.78, 5) is 0. The number of methoxy groups -OCH3 is 1. The number of hydrogen-bond donors (Lipinski definition) is 2. The van der Waals surface area contributed by atoms with Gasteiger partial charge < -0.3 is 15.2 Å². The second-order valence-corrected chi connectivity index (χ2v) is 4.75. The van der Waals surface area contributed by atoms with Crippen molar-refractivity contribution in [3.63, 3.8) is 0 Å². The monoisotopic (exact) mass is 221 g/mol. The molecule has 0 spiro atoms. The zero-order valence-electron chi connectivity index (χ0n) is 10.1. The van der Waals surface area contributed by atoms with Gasteiger partial charge in [0.1, 0.15) is 5.75 Å². The van der Waals surface area contributed by atoms with Gasteiger partial charge in [0.15, 0.2) is 0 Å². The highest BCUT2D eigenvalue weighted by atomic mass is 16.5. The van der Waals surface area contributed by atoms with E-state index >= 15 is 0 Å². The molecule has 0 unspecified atom stereocenters. The van der Waals surface area contributed by atoms with Gasteiger partial charge >= 0.3 is 0 Å². The molecule has 1 heterocycles. The molecule has 0 radical (unpaired) electrons. The molecule has 1 aromatic carbocycles. The number of rotatable bonds is 3. The normalized spacial score (nSPS) is 18.2. The van der Waals surface area contributed by atoms with Crippen molar-refractivity contribution in [3.8, 4) is 5.75 Å². The van der Waals surface area contributed by atoms with Gasteiger partial charge in [0, 0.05) is 26.6 Å². The molecule has 1 aliphatic rings. The summed E-state index contributed by atoms with van der Waals surface area (Å²) in [6, 6.07) is 4.09. The van der Waals surface area contributed by atoms with E-state index in [0.717, 1.165) is 30.6 Å². The molecule has 0 saturated carbocycles. The molecule has 2 rings (SSSR count). The average molecular weight is 221 g/mol. The third-order valence-corrected chi connectivity index (χ3v) is 3.40. The van der Waals surface area contributed by atoms with Crippen LogP contribution >= 0.6 is 0 Å². The van der Waals surface area contributed by atoms with Crippen molar-refractivity contribution in [1.29, 1.82) is 0 Å². The third-order valence-electron chi connectivity index (χ3n) is 3.40. The van der Waals surface area contributed by atoms with Crippen LogP contribution in [-0.4, -0.2) is 30.9 Å². The lowest BCUT2D eigenvalue weighted by Crippen LogP contribution is -2.61. The first-order valence-corrected chi connectivity index (χ1v) is 5.61. The van der Waals surface area contributed by atoms with Crippen molar-refractivity contribution >= 4 is 0 Å². The molecule has 1 fully saturated rings. The number of aromatic hydroxyl groups is 1. The summed E-state index contributed by atoms with van der Waals surface area (Å²) in [6.45, 7) is 5.68. The first-order chi connectivity index (χ1) is 7.56. The summed E-state index contributed by atoms with van der Waals surface area (Å²) >= 11 is 0.